The smallest absolute Gasteiger partial charge is 0.0863 e. The molecule has 6 aromatic carbocycles. The van der Waals surface area contributed by atoms with Gasteiger partial charge in [-0.25, -0.2) is 0 Å². The van der Waals surface area contributed by atoms with E-state index in [1.807, 2.05) is 98.6 Å². The van der Waals surface area contributed by atoms with Crippen LogP contribution in [0.5, 0.6) is 0 Å². The van der Waals surface area contributed by atoms with Crippen LogP contribution in [0.2, 0.25) is 0 Å². The third-order valence-corrected chi connectivity index (χ3v) is 47.3. The molecule has 0 aromatic heterocycles. The van der Waals surface area contributed by atoms with Crippen LogP contribution in [0.4, 0.5) is 11.4 Å². The van der Waals surface area contributed by atoms with E-state index in [0.29, 0.717) is 94.7 Å². The SMILES string of the molecule is c1c(N=Nc2cc(C3CCCCC3)c(P(c3c(C4CCCCC4)cc(C4CCCCC4)cc3C3CCCCC3)c3c(C4CCCCC4)cc(C4CCCCC4)cc3C3CCCCC3)c(C3CCCCC3)c2)cc(C2CCCCC2)c(P(c2c(C3CCCCC3)cc(C3CCCCC3)cc2C2CCCCC2)c2c(C3CCCCC3)cc(C3CCCCC3)cc2C2CCCCC2)c1C1CCCCC1. The lowest BCUT2D eigenvalue weighted by atomic mass is 9.76. The largest absolute Gasteiger partial charge is 0.151 e. The molecule has 16 aliphatic rings. The molecule has 0 aliphatic heterocycles. The Morgan fingerprint density at radius 2 is 0.213 bits per heavy atom. The van der Waals surface area contributed by atoms with Crippen molar-refractivity contribution in [3.63, 3.8) is 0 Å². The molecule has 0 heterocycles. The number of rotatable bonds is 24. The normalized spacial score (nSPS) is 25.0. The Morgan fingerprint density at radius 1 is 0.118 bits per heavy atom. The zero-order valence-electron chi connectivity index (χ0n) is 86.5. The summed E-state index contributed by atoms with van der Waals surface area (Å²) in [7, 11) is -2.05. The first-order valence-corrected chi connectivity index (χ1v) is 64.3. The number of hydrogen-bond donors (Lipinski definition) is 0. The van der Waals surface area contributed by atoms with Gasteiger partial charge in [0.15, 0.2) is 0 Å². The maximum Gasteiger partial charge on any atom is 0.0863 e. The minimum Gasteiger partial charge on any atom is -0.151 e. The lowest BCUT2D eigenvalue weighted by Crippen LogP contribution is -2.38. The Balaban J connectivity index is 0.821. The van der Waals surface area contributed by atoms with Gasteiger partial charge in [0.1, 0.15) is 0 Å². The summed E-state index contributed by atoms with van der Waals surface area (Å²) < 4.78 is 0. The first kappa shape index (κ1) is 96.6. The molecule has 6 aromatic rings. The van der Waals surface area contributed by atoms with Crippen LogP contribution in [0.15, 0.2) is 83.0 Å². The van der Waals surface area contributed by atoms with E-state index >= 15 is 0 Å². The van der Waals surface area contributed by atoms with Crippen molar-refractivity contribution in [2.45, 2.75) is 608 Å². The second kappa shape index (κ2) is 47.3. The van der Waals surface area contributed by atoms with Crippen molar-refractivity contribution in [2.24, 2.45) is 10.2 Å². The molecule has 16 aliphatic carbocycles. The predicted molar refractivity (Wildman–Crippen MR) is 588 cm³/mol. The molecule has 0 N–H and O–H groups in total. The van der Waals surface area contributed by atoms with Gasteiger partial charge in [-0.05, 0) is 461 Å². The topological polar surface area (TPSA) is 24.7 Å². The third kappa shape index (κ3) is 22.0. The zero-order chi connectivity index (χ0) is 90.7. The standard InChI is InChI=1S/C132H188N2P2/c1-17-49-93(50-18-1)109-81-115(97-57-25-5-26-58-97)127(116(82-109)98-59-27-6-28-60-98)135(128-117(99-61-29-7-30-62-99)83-110(94-51-19-2-20-52-94)84-118(128)100-63-31-8-32-64-100)131-123(105-73-41-13-42-74-105)89-113(90-124(131)106-75-43-14-44-76-106)133-134-114-91-125(107-77-45-15-46-78-107)132(126(92-114)108-79-47-16-48-80-108)136(129-119(101-65-33-9-34-66-101)85-111(95-53-21-3-22-54-95)86-120(129)102-67-35-10-36-68-102)130-121(103-69-37-11-38-70-103)87-112(96-55-23-4-24-56-96)88-122(130)104-71-39-12-40-72-104/h81-108H,1-80H2. The summed E-state index contributed by atoms with van der Waals surface area (Å²) in [4.78, 5) is 0. The van der Waals surface area contributed by atoms with Crippen molar-refractivity contribution in [1.29, 1.82) is 0 Å². The van der Waals surface area contributed by atoms with Crippen LogP contribution in [0, 0.1) is 0 Å². The highest BCUT2D eigenvalue weighted by Crippen LogP contribution is 2.60. The van der Waals surface area contributed by atoms with Crippen molar-refractivity contribution < 1.29 is 0 Å². The molecule has 2 nitrogen and oxygen atoms in total. The molecule has 0 spiro atoms. The Kier molecular flexibility index (Phi) is 33.6. The highest BCUT2D eigenvalue weighted by molar-refractivity contribution is 7.81. The van der Waals surface area contributed by atoms with Crippen LogP contribution >= 0.6 is 15.8 Å². The van der Waals surface area contributed by atoms with E-state index in [1.165, 1.54) is 525 Å². The first-order valence-electron chi connectivity index (χ1n) is 61.6. The van der Waals surface area contributed by atoms with Crippen molar-refractivity contribution >= 4 is 59.0 Å². The van der Waals surface area contributed by atoms with Crippen LogP contribution < -0.4 is 31.8 Å². The second-order valence-electron chi connectivity index (χ2n) is 50.4. The summed E-state index contributed by atoms with van der Waals surface area (Å²) in [5, 5.41) is 24.5. The third-order valence-electron chi connectivity index (χ3n) is 41.5. The fourth-order valence-electron chi connectivity index (χ4n) is 34.0. The van der Waals surface area contributed by atoms with E-state index < -0.39 is 15.8 Å². The Hall–Kier alpha value is -4.22. The zero-order valence-corrected chi connectivity index (χ0v) is 88.3. The van der Waals surface area contributed by atoms with Crippen LogP contribution in [-0.4, -0.2) is 0 Å². The van der Waals surface area contributed by atoms with E-state index in [0.717, 1.165) is 0 Å². The Labute approximate surface area is 833 Å². The van der Waals surface area contributed by atoms with Gasteiger partial charge in [-0.2, -0.15) is 10.2 Å². The van der Waals surface area contributed by atoms with Crippen LogP contribution in [0.25, 0.3) is 0 Å². The van der Waals surface area contributed by atoms with Crippen LogP contribution in [0.3, 0.4) is 0 Å². The fraction of sp³-hybridized carbons (Fsp3) is 0.727. The van der Waals surface area contributed by atoms with Gasteiger partial charge in [0.25, 0.3) is 0 Å². The molecular weight excluding hydrogens is 1680 g/mol. The molecule has 0 bridgehead atoms. The Bertz CT molecular complexity index is 4110. The summed E-state index contributed by atoms with van der Waals surface area (Å²) in [6.07, 6.45) is 112. The number of hydrogen-bond acceptors (Lipinski definition) is 2. The minimum atomic E-state index is -1.03. The summed E-state index contributed by atoms with van der Waals surface area (Å²) in [5.74, 6) is 10.2. The van der Waals surface area contributed by atoms with Gasteiger partial charge in [-0.15, -0.1) is 0 Å². The molecule has 16 saturated carbocycles. The molecule has 4 heteroatoms. The van der Waals surface area contributed by atoms with Gasteiger partial charge in [0.05, 0.1) is 11.4 Å². The molecule has 0 atom stereocenters. The van der Waals surface area contributed by atoms with Gasteiger partial charge in [-0.1, -0.05) is 357 Å². The number of benzene rings is 6. The monoisotopic (exact) mass is 1860 g/mol. The average Bonchev–Trinajstić information content (AvgIpc) is 0.720. The highest BCUT2D eigenvalue weighted by atomic mass is 31.1. The van der Waals surface area contributed by atoms with Crippen molar-refractivity contribution in [2.75, 3.05) is 0 Å². The second-order valence-corrected chi connectivity index (χ2v) is 54.4. The molecule has 0 amide bonds. The summed E-state index contributed by atoms with van der Waals surface area (Å²) >= 11 is 0. The molecular formula is C132H188N2P2. The van der Waals surface area contributed by atoms with E-state index in [4.69, 9.17) is 10.2 Å². The predicted octanol–water partition coefficient (Wildman–Crippen LogP) is 40.4. The van der Waals surface area contributed by atoms with Crippen molar-refractivity contribution in [1.82, 2.24) is 0 Å². The maximum atomic E-state index is 6.33. The lowest BCUT2D eigenvalue weighted by molar-refractivity contribution is 0.429. The first-order chi connectivity index (χ1) is 67.5. The minimum absolute atomic E-state index is 0.540. The summed E-state index contributed by atoms with van der Waals surface area (Å²) in [5.41, 5.74) is 32.4. The Morgan fingerprint density at radius 3 is 0.324 bits per heavy atom. The molecule has 136 heavy (non-hydrogen) atoms. The number of azo groups is 1. The van der Waals surface area contributed by atoms with Gasteiger partial charge in [0.2, 0.25) is 0 Å². The van der Waals surface area contributed by atoms with E-state index in [2.05, 4.69) is 72.8 Å². The van der Waals surface area contributed by atoms with E-state index in [9.17, 15) is 0 Å². The maximum absolute atomic E-state index is 6.33. The van der Waals surface area contributed by atoms with Crippen molar-refractivity contribution in [3.05, 3.63) is 162 Å². The van der Waals surface area contributed by atoms with Gasteiger partial charge >= 0.3 is 0 Å². The molecule has 0 unspecified atom stereocenters. The summed E-state index contributed by atoms with van der Waals surface area (Å²) in [6.45, 7) is 0. The summed E-state index contributed by atoms with van der Waals surface area (Å²) in [6, 6.07) is 36.6. The molecule has 22 rings (SSSR count). The van der Waals surface area contributed by atoms with E-state index in [-0.39, 0.29) is 0 Å². The van der Waals surface area contributed by atoms with Crippen LogP contribution in [-0.2, 0) is 0 Å². The van der Waals surface area contributed by atoms with E-state index in [1.54, 1.807) is 22.3 Å². The molecule has 736 valence electrons. The lowest BCUT2D eigenvalue weighted by Gasteiger charge is -2.42. The van der Waals surface area contributed by atoms with Gasteiger partial charge in [0, 0.05) is 0 Å². The quantitative estimate of drug-likeness (QED) is 0.0426. The fourth-order valence-corrected chi connectivity index (χ4v) is 41.4. The molecule has 0 saturated heterocycles. The molecule has 16 fully saturated rings. The van der Waals surface area contributed by atoms with Gasteiger partial charge < -0.3 is 0 Å². The average molecular weight is 1860 g/mol. The number of nitrogens with zero attached hydrogens (tertiary/aromatic N) is 2. The van der Waals surface area contributed by atoms with Crippen LogP contribution in [0.1, 0.15) is 697 Å². The van der Waals surface area contributed by atoms with Crippen molar-refractivity contribution in [3.8, 4) is 0 Å². The van der Waals surface area contributed by atoms with Gasteiger partial charge in [-0.3, -0.25) is 0 Å². The molecule has 0 radical (unpaired) electrons. The highest BCUT2D eigenvalue weighted by Gasteiger charge is 2.46.